The van der Waals surface area contributed by atoms with Crippen LogP contribution < -0.4 is 5.32 Å². The molecule has 0 atom stereocenters. The van der Waals surface area contributed by atoms with E-state index in [-0.39, 0.29) is 18.4 Å². The van der Waals surface area contributed by atoms with E-state index in [2.05, 4.69) is 44.3 Å². The van der Waals surface area contributed by atoms with Crippen LogP contribution in [-0.4, -0.2) is 30.3 Å². The summed E-state index contributed by atoms with van der Waals surface area (Å²) in [5.74, 6) is 2.81. The predicted octanol–water partition coefficient (Wildman–Crippen LogP) is 2.90. The van der Waals surface area contributed by atoms with Crippen LogP contribution in [0.15, 0.2) is 22.7 Å². The summed E-state index contributed by atoms with van der Waals surface area (Å²) in [6.07, 6.45) is 1.69. The van der Waals surface area contributed by atoms with Crippen molar-refractivity contribution in [1.82, 2.24) is 25.1 Å². The predicted molar refractivity (Wildman–Crippen MR) is 92.3 cm³/mol. The van der Waals surface area contributed by atoms with Gasteiger partial charge in [0.25, 0.3) is 0 Å². The fourth-order valence-electron chi connectivity index (χ4n) is 2.53. The number of aliphatic hydroxyl groups is 1. The number of aromatic nitrogens is 5. The van der Waals surface area contributed by atoms with E-state index in [1.54, 1.807) is 6.20 Å². The Hall–Kier alpha value is -2.87. The highest BCUT2D eigenvalue weighted by Gasteiger charge is 2.16. The first kappa shape index (κ1) is 17.0. The summed E-state index contributed by atoms with van der Waals surface area (Å²) < 4.78 is 5.45. The molecule has 0 fully saturated rings. The van der Waals surface area contributed by atoms with Crippen LogP contribution in [0.2, 0.25) is 0 Å². The van der Waals surface area contributed by atoms with Crippen LogP contribution in [0.1, 0.15) is 42.7 Å². The summed E-state index contributed by atoms with van der Waals surface area (Å²) in [5.41, 5.74) is 2.65. The smallest absolute Gasteiger partial charge is 0.249 e. The first-order valence-corrected chi connectivity index (χ1v) is 7.99. The lowest BCUT2D eigenvalue weighted by atomic mass is 9.99. The Balaban J connectivity index is 1.96. The van der Waals surface area contributed by atoms with E-state index in [0.717, 1.165) is 16.8 Å². The summed E-state index contributed by atoms with van der Waals surface area (Å²) in [6, 6.07) is 3.80. The fourth-order valence-corrected chi connectivity index (χ4v) is 2.53. The highest BCUT2D eigenvalue weighted by atomic mass is 16.4. The molecular weight excluding hydrogens is 320 g/mol. The molecule has 0 aromatic carbocycles. The molecule has 0 amide bonds. The first-order chi connectivity index (χ1) is 12.0. The molecule has 8 heteroatoms. The highest BCUT2D eigenvalue weighted by Crippen LogP contribution is 2.30. The van der Waals surface area contributed by atoms with Crippen LogP contribution in [0.4, 0.5) is 11.6 Å². The molecule has 3 aromatic heterocycles. The van der Waals surface area contributed by atoms with Gasteiger partial charge in [-0.15, -0.1) is 10.2 Å². The molecule has 8 nitrogen and oxygen atoms in total. The van der Waals surface area contributed by atoms with Gasteiger partial charge < -0.3 is 14.8 Å². The number of hydrogen-bond acceptors (Lipinski definition) is 8. The Bertz CT molecular complexity index is 870. The molecule has 0 saturated heterocycles. The standard InChI is InChI=1S/C17H20N6O2/c1-9(2)12-6-14(21-15-5-10(3)19-11(4)20-15)18-7-13(12)17-23-22-16(8-24)25-17/h5-7,9,24H,8H2,1-4H3,(H,18,19,20,21). The second kappa shape index (κ2) is 6.94. The quantitative estimate of drug-likeness (QED) is 0.729. The Morgan fingerprint density at radius 2 is 1.92 bits per heavy atom. The van der Waals surface area contributed by atoms with E-state index in [1.807, 2.05) is 26.0 Å². The number of hydrogen-bond donors (Lipinski definition) is 2. The van der Waals surface area contributed by atoms with Crippen molar-refractivity contribution in [2.45, 2.75) is 40.2 Å². The first-order valence-electron chi connectivity index (χ1n) is 7.99. The molecule has 3 aromatic rings. The average Bonchev–Trinajstić information content (AvgIpc) is 3.02. The van der Waals surface area contributed by atoms with Crippen LogP contribution in [-0.2, 0) is 6.61 Å². The van der Waals surface area contributed by atoms with Crippen LogP contribution in [0.25, 0.3) is 11.5 Å². The maximum atomic E-state index is 9.10. The van der Waals surface area contributed by atoms with Crippen molar-refractivity contribution in [3.63, 3.8) is 0 Å². The van der Waals surface area contributed by atoms with Crippen molar-refractivity contribution < 1.29 is 9.52 Å². The van der Waals surface area contributed by atoms with Gasteiger partial charge in [-0.1, -0.05) is 13.8 Å². The second-order valence-electron chi connectivity index (χ2n) is 6.04. The maximum Gasteiger partial charge on any atom is 0.249 e. The third kappa shape index (κ3) is 3.80. The molecule has 0 aliphatic heterocycles. The van der Waals surface area contributed by atoms with Crippen LogP contribution in [0.5, 0.6) is 0 Å². The third-order valence-electron chi connectivity index (χ3n) is 3.61. The number of pyridine rings is 1. The summed E-state index contributed by atoms with van der Waals surface area (Å²) in [4.78, 5) is 13.1. The van der Waals surface area contributed by atoms with Crippen molar-refractivity contribution in [1.29, 1.82) is 0 Å². The Kier molecular flexibility index (Phi) is 4.71. The number of rotatable bonds is 5. The number of anilines is 2. The van der Waals surface area contributed by atoms with Gasteiger partial charge in [-0.2, -0.15) is 0 Å². The number of aryl methyl sites for hydroxylation is 2. The zero-order valence-corrected chi connectivity index (χ0v) is 14.6. The Morgan fingerprint density at radius 3 is 2.56 bits per heavy atom. The van der Waals surface area contributed by atoms with Gasteiger partial charge in [0.2, 0.25) is 11.8 Å². The normalized spacial score (nSPS) is 11.1. The zero-order chi connectivity index (χ0) is 18.0. The molecule has 0 saturated carbocycles. The number of aliphatic hydroxyl groups excluding tert-OH is 1. The molecule has 0 spiro atoms. The van der Waals surface area contributed by atoms with Gasteiger partial charge in [0, 0.05) is 18.0 Å². The Labute approximate surface area is 145 Å². The lowest BCUT2D eigenvalue weighted by Crippen LogP contribution is -2.02. The van der Waals surface area contributed by atoms with E-state index >= 15 is 0 Å². The van der Waals surface area contributed by atoms with E-state index in [9.17, 15) is 0 Å². The molecule has 25 heavy (non-hydrogen) atoms. The van der Waals surface area contributed by atoms with Gasteiger partial charge >= 0.3 is 0 Å². The minimum atomic E-state index is -0.288. The van der Waals surface area contributed by atoms with Crippen LogP contribution in [0.3, 0.4) is 0 Å². The summed E-state index contributed by atoms with van der Waals surface area (Å²) in [6.45, 7) is 7.63. The van der Waals surface area contributed by atoms with Crippen molar-refractivity contribution in [2.24, 2.45) is 0 Å². The fraction of sp³-hybridized carbons (Fsp3) is 0.353. The molecule has 0 aliphatic carbocycles. The summed E-state index contributed by atoms with van der Waals surface area (Å²) in [5, 5.41) is 20.1. The molecule has 0 radical (unpaired) electrons. The minimum absolute atomic E-state index is 0.179. The third-order valence-corrected chi connectivity index (χ3v) is 3.61. The largest absolute Gasteiger partial charge is 0.418 e. The molecule has 130 valence electrons. The van der Waals surface area contributed by atoms with Crippen molar-refractivity contribution >= 4 is 11.6 Å². The maximum absolute atomic E-state index is 9.10. The van der Waals surface area contributed by atoms with Gasteiger partial charge in [-0.05, 0) is 31.4 Å². The van der Waals surface area contributed by atoms with Crippen molar-refractivity contribution in [2.75, 3.05) is 5.32 Å². The molecule has 2 N–H and O–H groups in total. The highest BCUT2D eigenvalue weighted by molar-refractivity contribution is 5.63. The van der Waals surface area contributed by atoms with Gasteiger partial charge in [0.1, 0.15) is 24.1 Å². The number of nitrogens with zero attached hydrogens (tertiary/aromatic N) is 5. The monoisotopic (exact) mass is 340 g/mol. The molecule has 0 bridgehead atoms. The van der Waals surface area contributed by atoms with Crippen LogP contribution in [0, 0.1) is 13.8 Å². The number of nitrogens with one attached hydrogen (secondary N) is 1. The van der Waals surface area contributed by atoms with E-state index in [0.29, 0.717) is 23.4 Å². The van der Waals surface area contributed by atoms with Gasteiger partial charge in [0.05, 0.1) is 5.56 Å². The second-order valence-corrected chi connectivity index (χ2v) is 6.04. The van der Waals surface area contributed by atoms with E-state index in [4.69, 9.17) is 9.52 Å². The van der Waals surface area contributed by atoms with Gasteiger partial charge in [-0.3, -0.25) is 0 Å². The molecule has 3 heterocycles. The van der Waals surface area contributed by atoms with Crippen molar-refractivity contribution in [3.8, 4) is 11.5 Å². The summed E-state index contributed by atoms with van der Waals surface area (Å²) >= 11 is 0. The minimum Gasteiger partial charge on any atom is -0.418 e. The molecule has 0 aliphatic rings. The van der Waals surface area contributed by atoms with Crippen LogP contribution >= 0.6 is 0 Å². The lowest BCUT2D eigenvalue weighted by molar-refractivity contribution is 0.241. The SMILES string of the molecule is Cc1cc(Nc2cc(C(C)C)c(-c3nnc(CO)o3)cn2)nc(C)n1. The zero-order valence-electron chi connectivity index (χ0n) is 14.6. The van der Waals surface area contributed by atoms with Gasteiger partial charge in [-0.25, -0.2) is 15.0 Å². The Morgan fingerprint density at radius 1 is 1.12 bits per heavy atom. The molecule has 3 rings (SSSR count). The van der Waals surface area contributed by atoms with Gasteiger partial charge in [0.15, 0.2) is 0 Å². The molecular formula is C17H20N6O2. The average molecular weight is 340 g/mol. The topological polar surface area (TPSA) is 110 Å². The van der Waals surface area contributed by atoms with E-state index < -0.39 is 0 Å². The lowest BCUT2D eigenvalue weighted by Gasteiger charge is -2.13. The molecule has 0 unspecified atom stereocenters. The van der Waals surface area contributed by atoms with E-state index in [1.165, 1.54) is 0 Å². The van der Waals surface area contributed by atoms with Crippen molar-refractivity contribution in [3.05, 3.63) is 41.3 Å². The summed E-state index contributed by atoms with van der Waals surface area (Å²) in [7, 11) is 0.